The van der Waals surface area contributed by atoms with E-state index in [1.165, 1.54) is 17.3 Å². The minimum atomic E-state index is -0.348. The Kier molecular flexibility index (Phi) is 4.49. The number of nitrogens with zero attached hydrogens (tertiary/aromatic N) is 3. The van der Waals surface area contributed by atoms with Crippen LogP contribution < -0.4 is 11.1 Å². The fourth-order valence-electron chi connectivity index (χ4n) is 1.02. The van der Waals surface area contributed by atoms with E-state index in [9.17, 15) is 4.79 Å². The van der Waals surface area contributed by atoms with Gasteiger partial charge in [-0.15, -0.1) is 0 Å². The first-order valence-corrected chi connectivity index (χ1v) is 4.72. The van der Waals surface area contributed by atoms with Crippen molar-refractivity contribution in [3.05, 3.63) is 24.8 Å². The summed E-state index contributed by atoms with van der Waals surface area (Å²) < 4.78 is 1.50. The van der Waals surface area contributed by atoms with Gasteiger partial charge in [0.1, 0.15) is 18.7 Å². The maximum atomic E-state index is 11.5. The quantitative estimate of drug-likeness (QED) is 0.638. The van der Waals surface area contributed by atoms with Crippen LogP contribution in [0, 0.1) is 0 Å². The molecule has 1 heterocycles. The molecule has 0 aromatic carbocycles. The first kappa shape index (κ1) is 11.4. The molecule has 1 aromatic rings. The number of amides is 1. The number of nitrogens with two attached hydrogens (primary N) is 1. The van der Waals surface area contributed by atoms with Crippen LogP contribution >= 0.6 is 0 Å². The molecule has 1 atom stereocenters. The number of carbonyl (C=O) groups is 1. The van der Waals surface area contributed by atoms with Crippen molar-refractivity contribution in [3.8, 4) is 0 Å². The molecule has 82 valence electrons. The monoisotopic (exact) mass is 209 g/mol. The van der Waals surface area contributed by atoms with Gasteiger partial charge in [-0.05, 0) is 6.92 Å². The van der Waals surface area contributed by atoms with E-state index in [4.69, 9.17) is 5.73 Å². The lowest BCUT2D eigenvalue weighted by Crippen LogP contribution is -2.31. The van der Waals surface area contributed by atoms with Crippen molar-refractivity contribution in [2.75, 3.05) is 13.1 Å². The smallest absolute Gasteiger partial charge is 0.244 e. The lowest BCUT2D eigenvalue weighted by atomic mass is 10.3. The minimum absolute atomic E-state index is 0.0952. The van der Waals surface area contributed by atoms with Gasteiger partial charge in [0, 0.05) is 13.1 Å². The number of rotatable bonds is 5. The maximum Gasteiger partial charge on any atom is 0.244 e. The highest BCUT2D eigenvalue weighted by molar-refractivity contribution is 5.79. The molecule has 15 heavy (non-hydrogen) atoms. The van der Waals surface area contributed by atoms with Crippen LogP contribution in [0.25, 0.3) is 0 Å². The van der Waals surface area contributed by atoms with E-state index in [0.29, 0.717) is 13.1 Å². The van der Waals surface area contributed by atoms with E-state index in [0.717, 1.165) is 0 Å². The molecule has 0 aliphatic carbocycles. The Morgan fingerprint density at radius 3 is 3.07 bits per heavy atom. The lowest BCUT2D eigenvalue weighted by molar-refractivity contribution is -0.123. The van der Waals surface area contributed by atoms with Crippen molar-refractivity contribution in [2.45, 2.75) is 13.0 Å². The SMILES string of the molecule is CC(C(=O)NC/C=C/CN)n1cncn1. The van der Waals surface area contributed by atoms with Gasteiger partial charge in [0.05, 0.1) is 0 Å². The molecule has 0 fully saturated rings. The van der Waals surface area contributed by atoms with E-state index in [-0.39, 0.29) is 11.9 Å². The van der Waals surface area contributed by atoms with Crippen molar-refractivity contribution >= 4 is 5.91 Å². The van der Waals surface area contributed by atoms with Gasteiger partial charge in [0.2, 0.25) is 5.91 Å². The molecule has 1 unspecified atom stereocenters. The molecular formula is C9H15N5O. The van der Waals surface area contributed by atoms with Crippen molar-refractivity contribution in [2.24, 2.45) is 5.73 Å². The molecule has 1 amide bonds. The summed E-state index contributed by atoms with van der Waals surface area (Å²) in [4.78, 5) is 15.3. The fourth-order valence-corrected chi connectivity index (χ4v) is 1.02. The summed E-state index contributed by atoms with van der Waals surface area (Å²) in [6.45, 7) is 2.72. The van der Waals surface area contributed by atoms with Crippen molar-refractivity contribution in [1.82, 2.24) is 20.1 Å². The average Bonchev–Trinajstić information content (AvgIpc) is 2.76. The molecule has 6 heteroatoms. The Bertz CT molecular complexity index is 319. The van der Waals surface area contributed by atoms with Gasteiger partial charge in [-0.3, -0.25) is 4.79 Å². The number of hydrogen-bond acceptors (Lipinski definition) is 4. The molecule has 0 aliphatic rings. The van der Waals surface area contributed by atoms with Crippen molar-refractivity contribution in [1.29, 1.82) is 0 Å². The van der Waals surface area contributed by atoms with Gasteiger partial charge in [-0.2, -0.15) is 5.10 Å². The highest BCUT2D eigenvalue weighted by Crippen LogP contribution is 2.00. The Morgan fingerprint density at radius 2 is 2.47 bits per heavy atom. The fraction of sp³-hybridized carbons (Fsp3) is 0.444. The van der Waals surface area contributed by atoms with Gasteiger partial charge < -0.3 is 11.1 Å². The van der Waals surface area contributed by atoms with E-state index in [2.05, 4.69) is 15.4 Å². The van der Waals surface area contributed by atoms with E-state index in [1.54, 1.807) is 13.0 Å². The molecule has 0 spiro atoms. The van der Waals surface area contributed by atoms with E-state index >= 15 is 0 Å². The summed E-state index contributed by atoms with van der Waals surface area (Å²) in [7, 11) is 0. The Balaban J connectivity index is 2.37. The predicted octanol–water partition coefficient (Wildman–Crippen LogP) is -0.530. The Hall–Kier alpha value is -1.69. The number of nitrogens with one attached hydrogen (secondary N) is 1. The molecule has 0 saturated heterocycles. The van der Waals surface area contributed by atoms with Crippen LogP contribution in [-0.2, 0) is 4.79 Å². The van der Waals surface area contributed by atoms with Crippen LogP contribution in [0.4, 0.5) is 0 Å². The Labute approximate surface area is 88.2 Å². The molecule has 1 rings (SSSR count). The van der Waals surface area contributed by atoms with E-state index in [1.807, 2.05) is 6.08 Å². The molecule has 0 bridgehead atoms. The number of hydrogen-bond donors (Lipinski definition) is 2. The summed E-state index contributed by atoms with van der Waals surface area (Å²) in [6.07, 6.45) is 6.52. The molecule has 1 aromatic heterocycles. The third-order valence-electron chi connectivity index (χ3n) is 1.91. The predicted molar refractivity (Wildman–Crippen MR) is 55.9 cm³/mol. The third-order valence-corrected chi connectivity index (χ3v) is 1.91. The molecule has 6 nitrogen and oxygen atoms in total. The van der Waals surface area contributed by atoms with Crippen LogP contribution in [0.5, 0.6) is 0 Å². The van der Waals surface area contributed by atoms with Gasteiger partial charge in [-0.25, -0.2) is 9.67 Å². The average molecular weight is 209 g/mol. The zero-order valence-electron chi connectivity index (χ0n) is 8.63. The van der Waals surface area contributed by atoms with E-state index < -0.39 is 0 Å². The zero-order chi connectivity index (χ0) is 11.1. The second-order valence-corrected chi connectivity index (χ2v) is 3.00. The molecule has 0 radical (unpaired) electrons. The first-order valence-electron chi connectivity index (χ1n) is 4.72. The summed E-state index contributed by atoms with van der Waals surface area (Å²) in [5.41, 5.74) is 5.26. The maximum absolute atomic E-state index is 11.5. The highest BCUT2D eigenvalue weighted by Gasteiger charge is 2.13. The second-order valence-electron chi connectivity index (χ2n) is 3.00. The summed E-state index contributed by atoms with van der Waals surface area (Å²) in [5.74, 6) is -0.0952. The van der Waals surface area contributed by atoms with Crippen LogP contribution in [0.2, 0.25) is 0 Å². The van der Waals surface area contributed by atoms with Crippen LogP contribution in [0.3, 0.4) is 0 Å². The molecule has 0 aliphatic heterocycles. The summed E-state index contributed by atoms with van der Waals surface area (Å²) in [5, 5.41) is 6.62. The van der Waals surface area contributed by atoms with Crippen LogP contribution in [-0.4, -0.2) is 33.8 Å². The van der Waals surface area contributed by atoms with Crippen molar-refractivity contribution in [3.63, 3.8) is 0 Å². The minimum Gasteiger partial charge on any atom is -0.351 e. The number of carbonyl (C=O) groups excluding carboxylic acids is 1. The Morgan fingerprint density at radius 1 is 1.67 bits per heavy atom. The standard InChI is InChI=1S/C9H15N5O/c1-8(14-7-11-6-13-14)9(15)12-5-3-2-4-10/h2-3,6-8H,4-5,10H2,1H3,(H,12,15)/b3-2+. The van der Waals surface area contributed by atoms with Gasteiger partial charge in [0.15, 0.2) is 0 Å². The van der Waals surface area contributed by atoms with Gasteiger partial charge >= 0.3 is 0 Å². The largest absolute Gasteiger partial charge is 0.351 e. The van der Waals surface area contributed by atoms with Gasteiger partial charge in [0.25, 0.3) is 0 Å². The second kappa shape index (κ2) is 5.92. The number of aromatic nitrogens is 3. The zero-order valence-corrected chi connectivity index (χ0v) is 8.63. The topological polar surface area (TPSA) is 85.8 Å². The first-order chi connectivity index (χ1) is 7.25. The molecular weight excluding hydrogens is 194 g/mol. The van der Waals surface area contributed by atoms with Crippen LogP contribution in [0.1, 0.15) is 13.0 Å². The molecule has 0 saturated carbocycles. The van der Waals surface area contributed by atoms with Crippen LogP contribution in [0.15, 0.2) is 24.8 Å². The van der Waals surface area contributed by atoms with Crippen molar-refractivity contribution < 1.29 is 4.79 Å². The lowest BCUT2D eigenvalue weighted by Gasteiger charge is -2.10. The van der Waals surface area contributed by atoms with Gasteiger partial charge in [-0.1, -0.05) is 12.2 Å². The summed E-state index contributed by atoms with van der Waals surface area (Å²) in [6, 6.07) is -0.348. The summed E-state index contributed by atoms with van der Waals surface area (Å²) >= 11 is 0. The highest BCUT2D eigenvalue weighted by atomic mass is 16.2. The normalized spacial score (nSPS) is 12.9. The third kappa shape index (κ3) is 3.51. The molecule has 3 N–H and O–H groups in total.